The van der Waals surface area contributed by atoms with Gasteiger partial charge in [-0.25, -0.2) is 4.39 Å². The Balaban J connectivity index is 3.26. The molecular formula is C10H9FO3. The van der Waals surface area contributed by atoms with E-state index < -0.39 is 5.82 Å². The number of benzene rings is 1. The molecule has 0 atom stereocenters. The van der Waals surface area contributed by atoms with Crippen molar-refractivity contribution in [1.82, 2.24) is 0 Å². The van der Waals surface area contributed by atoms with Crippen LogP contribution in [-0.4, -0.2) is 19.2 Å². The average molecular weight is 196 g/mol. The Kier molecular flexibility index (Phi) is 3.34. The van der Waals surface area contributed by atoms with Crippen LogP contribution in [0.5, 0.6) is 5.75 Å². The second kappa shape index (κ2) is 4.50. The molecule has 0 saturated heterocycles. The highest BCUT2D eigenvalue weighted by atomic mass is 19.1. The van der Waals surface area contributed by atoms with E-state index in [4.69, 9.17) is 4.74 Å². The smallest absolute Gasteiger partial charge is 0.166 e. The Labute approximate surface area is 80.5 Å². The van der Waals surface area contributed by atoms with Crippen LogP contribution in [0, 0.1) is 5.82 Å². The molecule has 3 nitrogen and oxygen atoms in total. The van der Waals surface area contributed by atoms with Crippen molar-refractivity contribution < 1.29 is 18.7 Å². The second-order valence-electron chi connectivity index (χ2n) is 2.59. The van der Waals surface area contributed by atoms with Crippen molar-refractivity contribution in [3.63, 3.8) is 0 Å². The lowest BCUT2D eigenvalue weighted by Gasteiger charge is -2.07. The molecule has 1 aromatic rings. The Morgan fingerprint density at radius 3 is 2.57 bits per heavy atom. The monoisotopic (exact) mass is 196 g/mol. The molecular weight excluding hydrogens is 187 g/mol. The molecule has 0 aliphatic rings. The third-order valence-electron chi connectivity index (χ3n) is 1.65. The Morgan fingerprint density at radius 1 is 1.36 bits per heavy atom. The van der Waals surface area contributed by atoms with Crippen LogP contribution in [0.2, 0.25) is 0 Å². The molecule has 0 fully saturated rings. The van der Waals surface area contributed by atoms with Gasteiger partial charge in [0.05, 0.1) is 12.2 Å². The van der Waals surface area contributed by atoms with Crippen LogP contribution in [0.3, 0.4) is 0 Å². The fourth-order valence-electron chi connectivity index (χ4n) is 1.09. The maximum Gasteiger partial charge on any atom is 0.166 e. The summed E-state index contributed by atoms with van der Waals surface area (Å²) in [7, 11) is 0. The van der Waals surface area contributed by atoms with Crippen LogP contribution in [0.1, 0.15) is 27.6 Å². The van der Waals surface area contributed by atoms with Crippen LogP contribution in [0.15, 0.2) is 12.1 Å². The van der Waals surface area contributed by atoms with E-state index in [0.717, 1.165) is 6.07 Å². The predicted molar refractivity (Wildman–Crippen MR) is 48.3 cm³/mol. The molecule has 0 N–H and O–H groups in total. The highest BCUT2D eigenvalue weighted by molar-refractivity contribution is 5.85. The van der Waals surface area contributed by atoms with E-state index in [2.05, 4.69) is 0 Å². The zero-order valence-electron chi connectivity index (χ0n) is 7.62. The standard InChI is InChI=1S/C10H9FO3/c1-2-14-10-8(6-13)3-7(5-12)4-9(10)11/h3-6H,2H2,1H3. The first-order chi connectivity index (χ1) is 6.72. The summed E-state index contributed by atoms with van der Waals surface area (Å²) in [6.45, 7) is 1.94. The number of rotatable bonds is 4. The first-order valence-corrected chi connectivity index (χ1v) is 4.09. The summed E-state index contributed by atoms with van der Waals surface area (Å²) in [4.78, 5) is 20.9. The molecule has 0 saturated carbocycles. The Hall–Kier alpha value is -1.71. The summed E-state index contributed by atoms with van der Waals surface area (Å²) >= 11 is 0. The highest BCUT2D eigenvalue weighted by Crippen LogP contribution is 2.22. The average Bonchev–Trinajstić information content (AvgIpc) is 2.20. The molecule has 0 spiro atoms. The lowest BCUT2D eigenvalue weighted by Crippen LogP contribution is -2.00. The highest BCUT2D eigenvalue weighted by Gasteiger charge is 2.11. The minimum Gasteiger partial charge on any atom is -0.490 e. The number of halogens is 1. The first-order valence-electron chi connectivity index (χ1n) is 4.09. The van der Waals surface area contributed by atoms with Gasteiger partial charge in [-0.05, 0) is 19.1 Å². The van der Waals surface area contributed by atoms with Crippen LogP contribution >= 0.6 is 0 Å². The van der Waals surface area contributed by atoms with Gasteiger partial charge in [0.2, 0.25) is 0 Å². The van der Waals surface area contributed by atoms with E-state index in [0.29, 0.717) is 12.6 Å². The number of carbonyl (C=O) groups is 2. The fourth-order valence-corrected chi connectivity index (χ4v) is 1.09. The summed E-state index contributed by atoms with van der Waals surface area (Å²) in [5.41, 5.74) is 0.169. The minimum absolute atomic E-state index is 0.0500. The maximum absolute atomic E-state index is 13.2. The molecule has 14 heavy (non-hydrogen) atoms. The molecule has 0 bridgehead atoms. The minimum atomic E-state index is -0.696. The van der Waals surface area contributed by atoms with Gasteiger partial charge >= 0.3 is 0 Å². The third-order valence-corrected chi connectivity index (χ3v) is 1.65. The van der Waals surface area contributed by atoms with Crippen molar-refractivity contribution in [2.24, 2.45) is 0 Å². The van der Waals surface area contributed by atoms with Gasteiger partial charge < -0.3 is 4.74 Å². The van der Waals surface area contributed by atoms with Gasteiger partial charge in [-0.3, -0.25) is 9.59 Å². The van der Waals surface area contributed by atoms with E-state index in [1.165, 1.54) is 6.07 Å². The molecule has 0 amide bonds. The van der Waals surface area contributed by atoms with Gasteiger partial charge in [0.15, 0.2) is 17.9 Å². The lowest BCUT2D eigenvalue weighted by atomic mass is 10.1. The van der Waals surface area contributed by atoms with Crippen molar-refractivity contribution >= 4 is 12.6 Å². The molecule has 0 aromatic heterocycles. The SMILES string of the molecule is CCOc1c(F)cc(C=O)cc1C=O. The van der Waals surface area contributed by atoms with Crippen molar-refractivity contribution in [3.05, 3.63) is 29.1 Å². The molecule has 74 valence electrons. The van der Waals surface area contributed by atoms with Gasteiger partial charge in [0.1, 0.15) is 6.29 Å². The number of ether oxygens (including phenoxy) is 1. The summed E-state index contributed by atoms with van der Waals surface area (Å²) in [6, 6.07) is 2.32. The van der Waals surface area contributed by atoms with Gasteiger partial charge in [0, 0.05) is 5.56 Å². The zero-order chi connectivity index (χ0) is 10.6. The number of aldehydes is 2. The summed E-state index contributed by atoms with van der Waals surface area (Å²) in [5, 5.41) is 0. The largest absolute Gasteiger partial charge is 0.490 e. The van der Waals surface area contributed by atoms with E-state index in [9.17, 15) is 14.0 Å². The summed E-state index contributed by atoms with van der Waals surface area (Å²) < 4.78 is 18.2. The van der Waals surface area contributed by atoms with Crippen LogP contribution in [-0.2, 0) is 0 Å². The van der Waals surface area contributed by atoms with E-state index in [1.807, 2.05) is 0 Å². The van der Waals surface area contributed by atoms with E-state index in [1.54, 1.807) is 6.92 Å². The zero-order valence-corrected chi connectivity index (χ0v) is 7.62. The molecule has 0 radical (unpaired) electrons. The topological polar surface area (TPSA) is 43.4 Å². The Bertz CT molecular complexity index is 361. The molecule has 0 heterocycles. The van der Waals surface area contributed by atoms with Crippen molar-refractivity contribution in [3.8, 4) is 5.75 Å². The Morgan fingerprint density at radius 2 is 2.07 bits per heavy atom. The fraction of sp³-hybridized carbons (Fsp3) is 0.200. The summed E-state index contributed by atoms with van der Waals surface area (Å²) in [5.74, 6) is -0.799. The van der Waals surface area contributed by atoms with Crippen molar-refractivity contribution in [2.75, 3.05) is 6.61 Å². The molecule has 4 heteroatoms. The van der Waals surface area contributed by atoms with Crippen molar-refractivity contribution in [1.29, 1.82) is 0 Å². The van der Waals surface area contributed by atoms with E-state index in [-0.39, 0.29) is 23.5 Å². The molecule has 0 unspecified atom stereocenters. The molecule has 1 rings (SSSR count). The number of hydrogen-bond donors (Lipinski definition) is 0. The van der Waals surface area contributed by atoms with Crippen LogP contribution in [0.25, 0.3) is 0 Å². The molecule has 1 aromatic carbocycles. The van der Waals surface area contributed by atoms with Crippen molar-refractivity contribution in [2.45, 2.75) is 6.92 Å². The van der Waals surface area contributed by atoms with Crippen LogP contribution in [0.4, 0.5) is 4.39 Å². The quantitative estimate of drug-likeness (QED) is 0.690. The number of carbonyl (C=O) groups excluding carboxylic acids is 2. The lowest BCUT2D eigenvalue weighted by molar-refractivity contribution is 0.111. The normalized spacial score (nSPS) is 9.57. The van der Waals surface area contributed by atoms with E-state index >= 15 is 0 Å². The first kappa shape index (κ1) is 10.4. The van der Waals surface area contributed by atoms with Gasteiger partial charge in [-0.1, -0.05) is 0 Å². The van der Waals surface area contributed by atoms with Gasteiger partial charge in [0.25, 0.3) is 0 Å². The summed E-state index contributed by atoms with van der Waals surface area (Å²) in [6.07, 6.45) is 0.937. The predicted octanol–water partition coefficient (Wildman–Crippen LogP) is 1.85. The third kappa shape index (κ3) is 1.96. The number of hydrogen-bond acceptors (Lipinski definition) is 3. The second-order valence-corrected chi connectivity index (χ2v) is 2.59. The molecule has 0 aliphatic heterocycles. The van der Waals surface area contributed by atoms with Gasteiger partial charge in [-0.2, -0.15) is 0 Å². The van der Waals surface area contributed by atoms with Crippen LogP contribution < -0.4 is 4.74 Å². The maximum atomic E-state index is 13.2. The molecule has 0 aliphatic carbocycles. The van der Waals surface area contributed by atoms with Gasteiger partial charge in [-0.15, -0.1) is 0 Å².